The fraction of sp³-hybridized carbons (Fsp3) is 0.278. The number of nitrogens with one attached hydrogen (secondary N) is 2. The van der Waals surface area contributed by atoms with Gasteiger partial charge in [-0.1, -0.05) is 6.07 Å². The Bertz CT molecular complexity index is 755. The van der Waals surface area contributed by atoms with Gasteiger partial charge in [0.25, 0.3) is 5.91 Å². The van der Waals surface area contributed by atoms with Gasteiger partial charge in [0.1, 0.15) is 6.61 Å². The molecule has 1 saturated heterocycles. The number of nitrogens with zero attached hydrogens (tertiary/aromatic N) is 1. The lowest BCUT2D eigenvalue weighted by Crippen LogP contribution is -2.28. The van der Waals surface area contributed by atoms with E-state index in [1.807, 2.05) is 0 Å². The standard InChI is InChI=1S/C18H19N3O4/c22-17(13-6-9-21(24)10-7-13)20-15-4-1-3-14(11-15)18(23)25-12-16-5-2-8-19-16/h1,3-4,6-7,9-11,16,19H,2,5,8,12H2,(H,20,22). The first-order chi connectivity index (χ1) is 12.1. The quantitative estimate of drug-likeness (QED) is 0.488. The van der Waals surface area contributed by atoms with Crippen molar-refractivity contribution >= 4 is 17.6 Å². The Morgan fingerprint density at radius 1 is 1.24 bits per heavy atom. The maximum Gasteiger partial charge on any atom is 0.338 e. The monoisotopic (exact) mass is 341 g/mol. The number of carbonyl (C=O) groups is 2. The van der Waals surface area contributed by atoms with Crippen LogP contribution in [-0.4, -0.2) is 31.1 Å². The lowest BCUT2D eigenvalue weighted by atomic mass is 10.2. The molecule has 1 aromatic carbocycles. The van der Waals surface area contributed by atoms with E-state index < -0.39 is 5.97 Å². The summed E-state index contributed by atoms with van der Waals surface area (Å²) < 4.78 is 5.92. The lowest BCUT2D eigenvalue weighted by molar-refractivity contribution is -0.605. The van der Waals surface area contributed by atoms with Gasteiger partial charge in [0.2, 0.25) is 0 Å². The molecule has 7 nitrogen and oxygen atoms in total. The van der Waals surface area contributed by atoms with Crippen LogP contribution in [0, 0.1) is 5.21 Å². The molecule has 0 saturated carbocycles. The Labute approximate surface area is 145 Å². The van der Waals surface area contributed by atoms with E-state index in [-0.39, 0.29) is 11.9 Å². The third kappa shape index (κ3) is 4.54. The van der Waals surface area contributed by atoms with Crippen LogP contribution in [0.3, 0.4) is 0 Å². The summed E-state index contributed by atoms with van der Waals surface area (Å²) in [5.74, 6) is -0.779. The van der Waals surface area contributed by atoms with Crippen molar-refractivity contribution in [2.75, 3.05) is 18.5 Å². The molecule has 0 aliphatic carbocycles. The lowest BCUT2D eigenvalue weighted by Gasteiger charge is -2.11. The van der Waals surface area contributed by atoms with Crippen molar-refractivity contribution in [1.29, 1.82) is 0 Å². The van der Waals surface area contributed by atoms with Gasteiger partial charge in [-0.3, -0.25) is 4.79 Å². The highest BCUT2D eigenvalue weighted by molar-refractivity contribution is 6.04. The molecule has 1 atom stereocenters. The van der Waals surface area contributed by atoms with Gasteiger partial charge in [-0.2, -0.15) is 4.73 Å². The minimum Gasteiger partial charge on any atom is -0.619 e. The van der Waals surface area contributed by atoms with Crippen LogP contribution >= 0.6 is 0 Å². The smallest absolute Gasteiger partial charge is 0.338 e. The summed E-state index contributed by atoms with van der Waals surface area (Å²) in [4.78, 5) is 24.3. The number of amides is 1. The molecule has 1 amide bonds. The number of carbonyl (C=O) groups excluding carboxylic acids is 2. The summed E-state index contributed by atoms with van der Waals surface area (Å²) in [6, 6.07) is 9.64. The number of benzene rings is 1. The van der Waals surface area contributed by atoms with Gasteiger partial charge in [0.15, 0.2) is 12.4 Å². The first kappa shape index (κ1) is 16.9. The van der Waals surface area contributed by atoms with Gasteiger partial charge >= 0.3 is 5.97 Å². The molecule has 1 aliphatic heterocycles. The predicted octanol–water partition coefficient (Wildman–Crippen LogP) is 1.48. The summed E-state index contributed by atoms with van der Waals surface area (Å²) in [6.45, 7) is 1.30. The fourth-order valence-corrected chi connectivity index (χ4v) is 2.65. The van der Waals surface area contributed by atoms with Gasteiger partial charge in [-0.05, 0) is 37.6 Å². The first-order valence-corrected chi connectivity index (χ1v) is 8.12. The molecule has 1 aliphatic rings. The molecule has 2 N–H and O–H groups in total. The van der Waals surface area contributed by atoms with E-state index in [1.54, 1.807) is 24.3 Å². The van der Waals surface area contributed by atoms with Crippen LogP contribution in [0.15, 0.2) is 48.8 Å². The first-order valence-electron chi connectivity index (χ1n) is 8.12. The Hall–Kier alpha value is -2.93. The zero-order valence-electron chi connectivity index (χ0n) is 13.6. The van der Waals surface area contributed by atoms with Crippen LogP contribution in [-0.2, 0) is 4.74 Å². The maximum atomic E-state index is 12.2. The second kappa shape index (κ2) is 7.76. The number of rotatable bonds is 5. The molecule has 0 radical (unpaired) electrons. The Balaban J connectivity index is 1.61. The van der Waals surface area contributed by atoms with Crippen LogP contribution in [0.5, 0.6) is 0 Å². The van der Waals surface area contributed by atoms with Gasteiger partial charge < -0.3 is 20.6 Å². The minimum atomic E-state index is -0.420. The van der Waals surface area contributed by atoms with E-state index in [4.69, 9.17) is 4.74 Å². The summed E-state index contributed by atoms with van der Waals surface area (Å²) in [5, 5.41) is 17.0. The average Bonchev–Trinajstić information content (AvgIpc) is 3.14. The average molecular weight is 341 g/mol. The molecule has 1 aromatic heterocycles. The van der Waals surface area contributed by atoms with E-state index in [9.17, 15) is 14.8 Å². The molecule has 0 spiro atoms. The van der Waals surface area contributed by atoms with E-state index in [0.717, 1.165) is 19.4 Å². The molecule has 130 valence electrons. The largest absolute Gasteiger partial charge is 0.619 e. The van der Waals surface area contributed by atoms with Crippen molar-refractivity contribution in [2.45, 2.75) is 18.9 Å². The van der Waals surface area contributed by atoms with Crippen LogP contribution in [0.1, 0.15) is 33.6 Å². The SMILES string of the molecule is O=C(Nc1cccc(C(=O)OCC2CCCN2)c1)c1cc[n+]([O-])cc1. The normalized spacial score (nSPS) is 16.4. The van der Waals surface area contributed by atoms with Crippen molar-refractivity contribution < 1.29 is 19.1 Å². The third-order valence-corrected chi connectivity index (χ3v) is 4.00. The molecule has 25 heavy (non-hydrogen) atoms. The van der Waals surface area contributed by atoms with E-state index >= 15 is 0 Å². The Kier molecular flexibility index (Phi) is 5.25. The zero-order chi connectivity index (χ0) is 17.6. The molecule has 3 rings (SSSR count). The van der Waals surface area contributed by atoms with Gasteiger partial charge in [-0.15, -0.1) is 0 Å². The number of ether oxygens (including phenoxy) is 1. The van der Waals surface area contributed by atoms with Crippen LogP contribution in [0.4, 0.5) is 5.69 Å². The van der Waals surface area contributed by atoms with Crippen LogP contribution < -0.4 is 15.4 Å². The highest BCUT2D eigenvalue weighted by Gasteiger charge is 2.17. The summed E-state index contributed by atoms with van der Waals surface area (Å²) >= 11 is 0. The molecular weight excluding hydrogens is 322 g/mol. The predicted molar refractivity (Wildman–Crippen MR) is 91.1 cm³/mol. The summed E-state index contributed by atoms with van der Waals surface area (Å²) in [6.07, 6.45) is 4.60. The number of pyridine rings is 1. The molecular formula is C18H19N3O4. The summed E-state index contributed by atoms with van der Waals surface area (Å²) in [7, 11) is 0. The second-order valence-electron chi connectivity index (χ2n) is 5.87. The molecule has 2 aromatic rings. The number of esters is 1. The Morgan fingerprint density at radius 3 is 2.76 bits per heavy atom. The fourth-order valence-electron chi connectivity index (χ4n) is 2.65. The number of hydrogen-bond acceptors (Lipinski definition) is 5. The molecule has 7 heteroatoms. The van der Waals surface area contributed by atoms with Crippen molar-refractivity contribution in [2.24, 2.45) is 0 Å². The maximum absolute atomic E-state index is 12.2. The number of aromatic nitrogens is 1. The highest BCUT2D eigenvalue weighted by Crippen LogP contribution is 2.14. The van der Waals surface area contributed by atoms with Crippen molar-refractivity contribution in [1.82, 2.24) is 5.32 Å². The Morgan fingerprint density at radius 2 is 2.04 bits per heavy atom. The van der Waals surface area contributed by atoms with Crippen molar-refractivity contribution in [3.05, 3.63) is 65.1 Å². The van der Waals surface area contributed by atoms with Gasteiger partial charge in [-0.25, -0.2) is 4.79 Å². The molecule has 1 unspecified atom stereocenters. The second-order valence-corrected chi connectivity index (χ2v) is 5.87. The van der Waals surface area contributed by atoms with E-state index in [1.165, 1.54) is 24.5 Å². The van der Waals surface area contributed by atoms with Gasteiger partial charge in [0, 0.05) is 23.9 Å². The topological polar surface area (TPSA) is 94.4 Å². The van der Waals surface area contributed by atoms with Gasteiger partial charge in [0.05, 0.1) is 11.1 Å². The van der Waals surface area contributed by atoms with E-state index in [0.29, 0.717) is 28.2 Å². The highest BCUT2D eigenvalue weighted by atomic mass is 16.5. The van der Waals surface area contributed by atoms with Crippen molar-refractivity contribution in [3.63, 3.8) is 0 Å². The van der Waals surface area contributed by atoms with Crippen LogP contribution in [0.2, 0.25) is 0 Å². The minimum absolute atomic E-state index is 0.216. The molecule has 0 bridgehead atoms. The summed E-state index contributed by atoms with van der Waals surface area (Å²) in [5.41, 5.74) is 1.21. The molecule has 2 heterocycles. The van der Waals surface area contributed by atoms with Crippen LogP contribution in [0.25, 0.3) is 0 Å². The zero-order valence-corrected chi connectivity index (χ0v) is 13.6. The number of anilines is 1. The number of hydrogen-bond donors (Lipinski definition) is 2. The van der Waals surface area contributed by atoms with Crippen molar-refractivity contribution in [3.8, 4) is 0 Å². The molecule has 1 fully saturated rings. The van der Waals surface area contributed by atoms with E-state index in [2.05, 4.69) is 10.6 Å². The third-order valence-electron chi connectivity index (χ3n) is 4.00.